The van der Waals surface area contributed by atoms with Crippen molar-refractivity contribution >= 4 is 17.8 Å². The topological polar surface area (TPSA) is 73.0 Å². The number of hydrogen-bond donors (Lipinski definition) is 1. The number of nitrogens with zero attached hydrogens (tertiary/aromatic N) is 3. The molecular weight excluding hydrogens is 332 g/mol. The van der Waals surface area contributed by atoms with Gasteiger partial charge in [-0.05, 0) is 45.1 Å². The van der Waals surface area contributed by atoms with E-state index in [-0.39, 0.29) is 23.9 Å². The van der Waals surface area contributed by atoms with Gasteiger partial charge in [0.25, 0.3) is 5.91 Å². The number of hydrogen-bond acceptors (Lipinski definition) is 4. The minimum Gasteiger partial charge on any atom is -0.341 e. The highest BCUT2D eigenvalue weighted by Crippen LogP contribution is 2.32. The van der Waals surface area contributed by atoms with Crippen molar-refractivity contribution in [2.24, 2.45) is 0 Å². The van der Waals surface area contributed by atoms with E-state index in [4.69, 9.17) is 0 Å². The lowest BCUT2D eigenvalue weighted by molar-refractivity contribution is -0.139. The first-order chi connectivity index (χ1) is 12.5. The van der Waals surface area contributed by atoms with Crippen LogP contribution in [0.15, 0.2) is 0 Å². The summed E-state index contributed by atoms with van der Waals surface area (Å²) in [6.07, 6.45) is 5.44. The fraction of sp³-hybridized carbons (Fsp3) is 0.842. The maximum Gasteiger partial charge on any atom is 0.325 e. The maximum absolute atomic E-state index is 13.2. The van der Waals surface area contributed by atoms with E-state index < -0.39 is 5.54 Å². The van der Waals surface area contributed by atoms with Crippen LogP contribution in [0.25, 0.3) is 0 Å². The van der Waals surface area contributed by atoms with Crippen molar-refractivity contribution in [1.29, 1.82) is 0 Å². The SMILES string of the molecule is CCCC(=O)N1CCC[C@H](N2C(=O)NC3(CCN(CCC)CC3)C2=O)C1. The Bertz CT molecular complexity index is 557. The smallest absolute Gasteiger partial charge is 0.325 e. The minimum absolute atomic E-state index is 0.0755. The number of likely N-dealkylation sites (tertiary alicyclic amines) is 2. The molecule has 0 aromatic rings. The molecule has 0 aliphatic carbocycles. The summed E-state index contributed by atoms with van der Waals surface area (Å²) in [6, 6.07) is -0.459. The van der Waals surface area contributed by atoms with Crippen molar-refractivity contribution in [3.05, 3.63) is 0 Å². The van der Waals surface area contributed by atoms with E-state index in [0.717, 1.165) is 51.9 Å². The van der Waals surface area contributed by atoms with E-state index in [1.54, 1.807) is 0 Å². The number of imide groups is 1. The van der Waals surface area contributed by atoms with E-state index in [1.165, 1.54) is 4.90 Å². The summed E-state index contributed by atoms with van der Waals surface area (Å²) in [7, 11) is 0. The third-order valence-corrected chi connectivity index (χ3v) is 6.02. The molecule has 1 N–H and O–H groups in total. The fourth-order valence-corrected chi connectivity index (χ4v) is 4.55. The van der Waals surface area contributed by atoms with E-state index in [2.05, 4.69) is 17.1 Å². The molecule has 0 unspecified atom stereocenters. The second-order valence-corrected chi connectivity index (χ2v) is 7.91. The van der Waals surface area contributed by atoms with Crippen LogP contribution in [0.2, 0.25) is 0 Å². The van der Waals surface area contributed by atoms with Crippen LogP contribution in [0.3, 0.4) is 0 Å². The molecular formula is C19H32N4O3. The fourth-order valence-electron chi connectivity index (χ4n) is 4.55. The molecule has 1 spiro atoms. The highest BCUT2D eigenvalue weighted by Gasteiger charge is 2.54. The molecule has 7 nitrogen and oxygen atoms in total. The monoisotopic (exact) mass is 364 g/mol. The molecule has 3 aliphatic heterocycles. The van der Waals surface area contributed by atoms with Crippen molar-refractivity contribution in [1.82, 2.24) is 20.0 Å². The largest absolute Gasteiger partial charge is 0.341 e. The predicted octanol–water partition coefficient (Wildman–Crippen LogP) is 1.57. The second kappa shape index (κ2) is 7.94. The molecule has 4 amide bonds. The lowest BCUT2D eigenvalue weighted by Crippen LogP contribution is -2.56. The number of urea groups is 1. The Balaban J connectivity index is 1.66. The Morgan fingerprint density at radius 1 is 1.15 bits per heavy atom. The molecule has 0 aromatic carbocycles. The minimum atomic E-state index is -0.725. The molecule has 3 heterocycles. The maximum atomic E-state index is 13.2. The third-order valence-electron chi connectivity index (χ3n) is 6.02. The van der Waals surface area contributed by atoms with Gasteiger partial charge in [-0.1, -0.05) is 13.8 Å². The summed E-state index contributed by atoms with van der Waals surface area (Å²) >= 11 is 0. The van der Waals surface area contributed by atoms with Crippen molar-refractivity contribution in [2.45, 2.75) is 70.4 Å². The average molecular weight is 364 g/mol. The van der Waals surface area contributed by atoms with Gasteiger partial charge in [0, 0.05) is 32.6 Å². The van der Waals surface area contributed by atoms with Gasteiger partial charge >= 0.3 is 6.03 Å². The Labute approximate surface area is 156 Å². The predicted molar refractivity (Wildman–Crippen MR) is 98.6 cm³/mol. The Morgan fingerprint density at radius 2 is 1.88 bits per heavy atom. The first kappa shape index (κ1) is 19.1. The summed E-state index contributed by atoms with van der Waals surface area (Å²) in [6.45, 7) is 8.10. The summed E-state index contributed by atoms with van der Waals surface area (Å²) in [5.74, 6) is 0.0558. The van der Waals surface area contributed by atoms with Crippen LogP contribution < -0.4 is 5.32 Å². The Morgan fingerprint density at radius 3 is 2.54 bits per heavy atom. The van der Waals surface area contributed by atoms with Gasteiger partial charge in [0.1, 0.15) is 5.54 Å². The highest BCUT2D eigenvalue weighted by atomic mass is 16.2. The van der Waals surface area contributed by atoms with Crippen molar-refractivity contribution in [3.63, 3.8) is 0 Å². The standard InChI is InChI=1S/C19H32N4O3/c1-3-6-16(24)22-11-5-7-15(14-22)23-17(25)19(20-18(23)26)8-12-21(10-4-2)13-9-19/h15H,3-14H2,1-2H3,(H,20,26)/t15-/m0/s1. The molecule has 3 saturated heterocycles. The molecule has 0 radical (unpaired) electrons. The molecule has 3 rings (SSSR count). The molecule has 1 atom stereocenters. The molecule has 0 bridgehead atoms. The van der Waals surface area contributed by atoms with Crippen LogP contribution >= 0.6 is 0 Å². The second-order valence-electron chi connectivity index (χ2n) is 7.91. The van der Waals surface area contributed by atoms with Crippen LogP contribution in [-0.2, 0) is 9.59 Å². The van der Waals surface area contributed by atoms with E-state index in [1.807, 2.05) is 11.8 Å². The van der Waals surface area contributed by atoms with Gasteiger partial charge in [0.2, 0.25) is 5.91 Å². The van der Waals surface area contributed by atoms with Gasteiger partial charge in [0.05, 0.1) is 6.04 Å². The number of nitrogens with one attached hydrogen (secondary N) is 1. The molecule has 146 valence electrons. The number of piperidine rings is 2. The zero-order chi connectivity index (χ0) is 18.7. The van der Waals surface area contributed by atoms with Crippen molar-refractivity contribution in [2.75, 3.05) is 32.7 Å². The van der Waals surface area contributed by atoms with Gasteiger partial charge in [0.15, 0.2) is 0 Å². The van der Waals surface area contributed by atoms with E-state index in [0.29, 0.717) is 25.8 Å². The van der Waals surface area contributed by atoms with Gasteiger partial charge < -0.3 is 15.1 Å². The number of carbonyl (C=O) groups excluding carboxylic acids is 3. The Kier molecular flexibility index (Phi) is 5.85. The van der Waals surface area contributed by atoms with Crippen LogP contribution in [-0.4, -0.2) is 76.8 Å². The molecule has 3 fully saturated rings. The summed E-state index contributed by atoms with van der Waals surface area (Å²) < 4.78 is 0. The summed E-state index contributed by atoms with van der Waals surface area (Å²) in [4.78, 5) is 43.7. The van der Waals surface area contributed by atoms with Gasteiger partial charge in [-0.3, -0.25) is 14.5 Å². The number of amides is 4. The lowest BCUT2D eigenvalue weighted by Gasteiger charge is -2.39. The first-order valence-electron chi connectivity index (χ1n) is 10.2. The molecule has 3 aliphatic rings. The van der Waals surface area contributed by atoms with Crippen LogP contribution in [0, 0.1) is 0 Å². The van der Waals surface area contributed by atoms with Crippen LogP contribution in [0.5, 0.6) is 0 Å². The molecule has 0 aromatic heterocycles. The summed E-state index contributed by atoms with van der Waals surface area (Å²) in [5, 5.41) is 3.01. The van der Waals surface area contributed by atoms with E-state index >= 15 is 0 Å². The van der Waals surface area contributed by atoms with Crippen molar-refractivity contribution < 1.29 is 14.4 Å². The average Bonchev–Trinajstić information content (AvgIpc) is 2.87. The summed E-state index contributed by atoms with van der Waals surface area (Å²) in [5.41, 5.74) is -0.725. The van der Waals surface area contributed by atoms with Crippen molar-refractivity contribution in [3.8, 4) is 0 Å². The highest BCUT2D eigenvalue weighted by molar-refractivity contribution is 6.07. The van der Waals surface area contributed by atoms with Crippen LogP contribution in [0.1, 0.15) is 58.8 Å². The van der Waals surface area contributed by atoms with Crippen LogP contribution in [0.4, 0.5) is 4.79 Å². The molecule has 26 heavy (non-hydrogen) atoms. The number of carbonyl (C=O) groups is 3. The molecule has 0 saturated carbocycles. The van der Waals surface area contributed by atoms with E-state index in [9.17, 15) is 14.4 Å². The number of rotatable bonds is 5. The normalized spacial score (nSPS) is 26.5. The van der Waals surface area contributed by atoms with Gasteiger partial charge in [-0.15, -0.1) is 0 Å². The lowest BCUT2D eigenvalue weighted by atomic mass is 9.87. The van der Waals surface area contributed by atoms with Gasteiger partial charge in [-0.2, -0.15) is 0 Å². The zero-order valence-corrected chi connectivity index (χ0v) is 16.1. The van der Waals surface area contributed by atoms with Gasteiger partial charge in [-0.25, -0.2) is 4.79 Å². The first-order valence-corrected chi connectivity index (χ1v) is 10.2. The quantitative estimate of drug-likeness (QED) is 0.752. The molecule has 7 heteroatoms. The third kappa shape index (κ3) is 3.59. The Hall–Kier alpha value is -1.63. The zero-order valence-electron chi connectivity index (χ0n) is 16.1.